The largest absolute Gasteiger partial charge is 0.326 e. The third-order valence-corrected chi connectivity index (χ3v) is 4.66. The number of rotatable bonds is 3. The number of hydrogen-bond donors (Lipinski definition) is 1. The Morgan fingerprint density at radius 2 is 2.14 bits per heavy atom. The number of amides is 3. The van der Waals surface area contributed by atoms with Crippen LogP contribution in [0, 0.1) is 0 Å². The van der Waals surface area contributed by atoms with Gasteiger partial charge in [0.15, 0.2) is 0 Å². The maximum Gasteiger partial charge on any atom is 0.264 e. The number of fused-ring (bicyclic) bond motifs is 1. The fraction of sp³-hybridized carbons (Fsp3) is 0.267. The van der Waals surface area contributed by atoms with Gasteiger partial charge in [0.25, 0.3) is 5.91 Å². The standard InChI is InChI=1S/C15H14N2O3S/c1-2-17(10-8-13(18)16-14(10)19)15(20)12-7-9-5-3-4-6-11(9)21-12/h3-7,10H,2,8H2,1H3,(H,16,18,19)/t10-/m1/s1. The molecule has 108 valence electrons. The molecule has 1 aliphatic heterocycles. The molecule has 5 nitrogen and oxygen atoms in total. The smallest absolute Gasteiger partial charge is 0.264 e. The molecule has 0 aliphatic carbocycles. The number of likely N-dealkylation sites (N-methyl/N-ethyl adjacent to an activating group) is 1. The lowest BCUT2D eigenvalue weighted by Crippen LogP contribution is -2.44. The third kappa shape index (κ3) is 2.42. The van der Waals surface area contributed by atoms with Gasteiger partial charge in [-0.3, -0.25) is 19.7 Å². The number of hydrogen-bond acceptors (Lipinski definition) is 4. The minimum absolute atomic E-state index is 0.0449. The van der Waals surface area contributed by atoms with Crippen molar-refractivity contribution in [3.8, 4) is 0 Å². The van der Waals surface area contributed by atoms with Crippen LogP contribution in [-0.4, -0.2) is 35.2 Å². The first kappa shape index (κ1) is 13.8. The highest BCUT2D eigenvalue weighted by molar-refractivity contribution is 7.20. The monoisotopic (exact) mass is 302 g/mol. The number of nitrogens with zero attached hydrogens (tertiary/aromatic N) is 1. The molecule has 1 aliphatic rings. The van der Waals surface area contributed by atoms with E-state index in [-0.39, 0.29) is 18.2 Å². The van der Waals surface area contributed by atoms with Crippen molar-refractivity contribution in [2.24, 2.45) is 0 Å². The number of carbonyl (C=O) groups excluding carboxylic acids is 3. The summed E-state index contributed by atoms with van der Waals surface area (Å²) < 4.78 is 1.03. The lowest BCUT2D eigenvalue weighted by Gasteiger charge is -2.24. The van der Waals surface area contributed by atoms with E-state index in [0.29, 0.717) is 11.4 Å². The average Bonchev–Trinajstić information content (AvgIpc) is 3.03. The van der Waals surface area contributed by atoms with Crippen molar-refractivity contribution in [2.75, 3.05) is 6.54 Å². The van der Waals surface area contributed by atoms with Gasteiger partial charge in [-0.05, 0) is 24.4 Å². The first-order chi connectivity index (χ1) is 10.1. The molecule has 6 heteroatoms. The van der Waals surface area contributed by atoms with E-state index >= 15 is 0 Å². The number of nitrogens with one attached hydrogen (secondary N) is 1. The van der Waals surface area contributed by atoms with Gasteiger partial charge in [-0.25, -0.2) is 0 Å². The van der Waals surface area contributed by atoms with E-state index in [1.54, 1.807) is 6.92 Å². The molecule has 1 saturated heterocycles. The quantitative estimate of drug-likeness (QED) is 0.879. The molecule has 1 N–H and O–H groups in total. The Bertz CT molecular complexity index is 704. The summed E-state index contributed by atoms with van der Waals surface area (Å²) in [4.78, 5) is 37.8. The molecule has 0 bridgehead atoms. The SMILES string of the molecule is CCN(C(=O)c1cc2ccccc2s1)[C@@H]1CC(=O)NC1=O. The summed E-state index contributed by atoms with van der Waals surface area (Å²) in [6.45, 7) is 2.19. The van der Waals surface area contributed by atoms with Gasteiger partial charge in [0.05, 0.1) is 11.3 Å². The van der Waals surface area contributed by atoms with Crippen molar-refractivity contribution < 1.29 is 14.4 Å². The molecular weight excluding hydrogens is 288 g/mol. The van der Waals surface area contributed by atoms with Gasteiger partial charge in [0, 0.05) is 11.2 Å². The van der Waals surface area contributed by atoms with E-state index in [9.17, 15) is 14.4 Å². The van der Waals surface area contributed by atoms with Gasteiger partial charge >= 0.3 is 0 Å². The molecule has 2 aromatic rings. The average molecular weight is 302 g/mol. The van der Waals surface area contributed by atoms with Crippen molar-refractivity contribution in [2.45, 2.75) is 19.4 Å². The maximum absolute atomic E-state index is 12.6. The van der Waals surface area contributed by atoms with E-state index in [1.165, 1.54) is 16.2 Å². The van der Waals surface area contributed by atoms with Gasteiger partial charge in [-0.1, -0.05) is 18.2 Å². The van der Waals surface area contributed by atoms with Crippen molar-refractivity contribution in [1.82, 2.24) is 10.2 Å². The van der Waals surface area contributed by atoms with Gasteiger partial charge in [-0.15, -0.1) is 11.3 Å². The van der Waals surface area contributed by atoms with Crippen LogP contribution in [0.1, 0.15) is 23.0 Å². The fourth-order valence-electron chi connectivity index (χ4n) is 2.53. The van der Waals surface area contributed by atoms with Crippen molar-refractivity contribution in [3.63, 3.8) is 0 Å². The van der Waals surface area contributed by atoms with Gasteiger partial charge < -0.3 is 4.90 Å². The lowest BCUT2D eigenvalue weighted by atomic mass is 10.2. The van der Waals surface area contributed by atoms with E-state index < -0.39 is 11.9 Å². The van der Waals surface area contributed by atoms with Crippen LogP contribution in [0.4, 0.5) is 0 Å². The number of carbonyl (C=O) groups is 3. The Hall–Kier alpha value is -2.21. The normalized spacial score (nSPS) is 18.0. The Balaban J connectivity index is 1.91. The summed E-state index contributed by atoms with van der Waals surface area (Å²) >= 11 is 1.40. The zero-order valence-corrected chi connectivity index (χ0v) is 12.3. The molecular formula is C15H14N2O3S. The van der Waals surface area contributed by atoms with Crippen LogP contribution in [0.15, 0.2) is 30.3 Å². The molecule has 1 aromatic heterocycles. The van der Waals surface area contributed by atoms with Gasteiger partial charge in [0.2, 0.25) is 11.8 Å². The first-order valence-electron chi connectivity index (χ1n) is 6.73. The minimum atomic E-state index is -0.694. The predicted molar refractivity (Wildman–Crippen MR) is 80.1 cm³/mol. The lowest BCUT2D eigenvalue weighted by molar-refractivity contribution is -0.126. The minimum Gasteiger partial charge on any atom is -0.326 e. The van der Waals surface area contributed by atoms with Crippen LogP contribution in [0.5, 0.6) is 0 Å². The Morgan fingerprint density at radius 1 is 1.38 bits per heavy atom. The van der Waals surface area contributed by atoms with E-state index in [2.05, 4.69) is 5.32 Å². The second-order valence-electron chi connectivity index (χ2n) is 4.87. The zero-order chi connectivity index (χ0) is 15.0. The molecule has 1 atom stereocenters. The molecule has 1 aromatic carbocycles. The van der Waals surface area contributed by atoms with Gasteiger partial charge in [-0.2, -0.15) is 0 Å². The Labute approximate surface area is 125 Å². The van der Waals surface area contributed by atoms with E-state index in [0.717, 1.165) is 10.1 Å². The van der Waals surface area contributed by atoms with Crippen LogP contribution < -0.4 is 5.32 Å². The number of thiophene rings is 1. The Morgan fingerprint density at radius 3 is 2.76 bits per heavy atom. The van der Waals surface area contributed by atoms with E-state index in [4.69, 9.17) is 0 Å². The van der Waals surface area contributed by atoms with Crippen molar-refractivity contribution >= 4 is 39.1 Å². The van der Waals surface area contributed by atoms with Crippen LogP contribution in [0.2, 0.25) is 0 Å². The van der Waals surface area contributed by atoms with Crippen LogP contribution in [0.3, 0.4) is 0 Å². The molecule has 0 spiro atoms. The van der Waals surface area contributed by atoms with E-state index in [1.807, 2.05) is 30.3 Å². The molecule has 3 rings (SSSR count). The summed E-state index contributed by atoms with van der Waals surface area (Å²) in [5.74, 6) is -0.919. The zero-order valence-electron chi connectivity index (χ0n) is 11.5. The summed E-state index contributed by atoms with van der Waals surface area (Å²) in [6, 6.07) is 8.89. The highest BCUT2D eigenvalue weighted by Crippen LogP contribution is 2.27. The van der Waals surface area contributed by atoms with Crippen LogP contribution >= 0.6 is 11.3 Å². The number of benzene rings is 1. The molecule has 0 radical (unpaired) electrons. The summed E-state index contributed by atoms with van der Waals surface area (Å²) in [5, 5.41) is 3.25. The first-order valence-corrected chi connectivity index (χ1v) is 7.55. The summed E-state index contributed by atoms with van der Waals surface area (Å²) in [6.07, 6.45) is 0.0449. The van der Waals surface area contributed by atoms with Crippen LogP contribution in [-0.2, 0) is 9.59 Å². The Kier molecular flexibility index (Phi) is 3.47. The predicted octanol–water partition coefficient (Wildman–Crippen LogP) is 1.78. The van der Waals surface area contributed by atoms with Gasteiger partial charge in [0.1, 0.15) is 6.04 Å². The highest BCUT2D eigenvalue weighted by atomic mass is 32.1. The molecule has 2 heterocycles. The molecule has 0 unspecified atom stereocenters. The second-order valence-corrected chi connectivity index (χ2v) is 5.96. The molecule has 0 saturated carbocycles. The molecule has 1 fully saturated rings. The van der Waals surface area contributed by atoms with Crippen molar-refractivity contribution in [1.29, 1.82) is 0 Å². The fourth-order valence-corrected chi connectivity index (χ4v) is 3.54. The second kappa shape index (κ2) is 5.29. The molecule has 21 heavy (non-hydrogen) atoms. The van der Waals surface area contributed by atoms with Crippen LogP contribution in [0.25, 0.3) is 10.1 Å². The topological polar surface area (TPSA) is 66.5 Å². The highest BCUT2D eigenvalue weighted by Gasteiger charge is 2.37. The summed E-state index contributed by atoms with van der Waals surface area (Å²) in [7, 11) is 0. The summed E-state index contributed by atoms with van der Waals surface area (Å²) in [5.41, 5.74) is 0. The third-order valence-electron chi connectivity index (χ3n) is 3.56. The maximum atomic E-state index is 12.6. The van der Waals surface area contributed by atoms with Crippen molar-refractivity contribution in [3.05, 3.63) is 35.2 Å². The molecule has 3 amide bonds. The number of imide groups is 1.